The molecular weight excluding hydrogens is 276 g/mol. The second-order valence-electron chi connectivity index (χ2n) is 3.32. The van der Waals surface area contributed by atoms with Gasteiger partial charge in [0.1, 0.15) is 5.75 Å². The van der Waals surface area contributed by atoms with Gasteiger partial charge in [-0.1, -0.05) is 11.6 Å². The summed E-state index contributed by atoms with van der Waals surface area (Å²) in [5, 5.41) is 14.2. The molecule has 0 amide bonds. The Morgan fingerprint density at radius 3 is 2.89 bits per heavy atom. The Morgan fingerprint density at radius 2 is 2.33 bits per heavy atom. The second-order valence-corrected chi connectivity index (χ2v) is 4.58. The van der Waals surface area contributed by atoms with Crippen LogP contribution in [0.3, 0.4) is 0 Å². The highest BCUT2D eigenvalue weighted by molar-refractivity contribution is 7.14. The first kappa shape index (κ1) is 12.7. The highest BCUT2D eigenvalue weighted by Gasteiger charge is 2.09. The average Bonchev–Trinajstić information content (AvgIpc) is 2.78. The lowest BCUT2D eigenvalue weighted by atomic mass is 10.3. The van der Waals surface area contributed by atoms with Crippen molar-refractivity contribution in [3.8, 4) is 5.75 Å². The molecule has 94 valence electrons. The number of methoxy groups -OCH3 is 1. The van der Waals surface area contributed by atoms with Crippen molar-refractivity contribution in [2.45, 2.75) is 0 Å². The van der Waals surface area contributed by atoms with Crippen molar-refractivity contribution in [3.63, 3.8) is 0 Å². The number of aromatic carboxylic acids is 1. The van der Waals surface area contributed by atoms with Crippen LogP contribution in [0, 0.1) is 0 Å². The minimum absolute atomic E-state index is 0.0158. The third kappa shape index (κ3) is 2.72. The largest absolute Gasteiger partial charge is 0.495 e. The predicted molar refractivity (Wildman–Crippen MR) is 70.4 cm³/mol. The van der Waals surface area contributed by atoms with Gasteiger partial charge in [0, 0.05) is 11.1 Å². The van der Waals surface area contributed by atoms with Gasteiger partial charge in [0.2, 0.25) is 0 Å². The Labute approximate surface area is 112 Å². The molecule has 1 heterocycles. The quantitative estimate of drug-likeness (QED) is 0.902. The van der Waals surface area contributed by atoms with E-state index in [0.29, 0.717) is 21.6 Å². The van der Waals surface area contributed by atoms with Crippen LogP contribution in [-0.2, 0) is 0 Å². The smallest absolute Gasteiger partial charge is 0.355 e. The second kappa shape index (κ2) is 5.24. The van der Waals surface area contributed by atoms with Crippen LogP contribution in [0.2, 0.25) is 5.02 Å². The maximum absolute atomic E-state index is 10.7. The zero-order chi connectivity index (χ0) is 13.1. The summed E-state index contributed by atoms with van der Waals surface area (Å²) in [5.41, 5.74) is 0.731. The number of anilines is 2. The third-order valence-corrected chi connectivity index (χ3v) is 3.18. The molecule has 0 saturated carbocycles. The van der Waals surface area contributed by atoms with Gasteiger partial charge < -0.3 is 15.2 Å². The fourth-order valence-electron chi connectivity index (χ4n) is 1.30. The molecule has 0 atom stereocenters. The molecule has 0 spiro atoms. The van der Waals surface area contributed by atoms with E-state index >= 15 is 0 Å². The molecule has 0 fully saturated rings. The molecule has 2 aromatic rings. The number of hydrogen-bond donors (Lipinski definition) is 2. The average molecular weight is 285 g/mol. The lowest BCUT2D eigenvalue weighted by Crippen LogP contribution is -1.97. The SMILES string of the molecule is COc1ccc(Nc2nc(C(=O)O)cs2)cc1Cl. The molecule has 0 aliphatic carbocycles. The Hall–Kier alpha value is -1.79. The van der Waals surface area contributed by atoms with Gasteiger partial charge in [-0.2, -0.15) is 0 Å². The molecule has 7 heteroatoms. The van der Waals surface area contributed by atoms with Gasteiger partial charge in [0.15, 0.2) is 10.8 Å². The number of carbonyl (C=O) groups is 1. The number of nitrogens with zero attached hydrogens (tertiary/aromatic N) is 1. The minimum Gasteiger partial charge on any atom is -0.495 e. The van der Waals surface area contributed by atoms with E-state index in [1.54, 1.807) is 18.2 Å². The standard InChI is InChI=1S/C11H9ClN2O3S/c1-17-9-3-2-6(4-7(9)12)13-11-14-8(5-18-11)10(15)16/h2-5H,1H3,(H,13,14)(H,15,16). The molecule has 5 nitrogen and oxygen atoms in total. The summed E-state index contributed by atoms with van der Waals surface area (Å²) in [6, 6.07) is 5.17. The normalized spacial score (nSPS) is 10.1. The Morgan fingerprint density at radius 1 is 1.56 bits per heavy atom. The van der Waals surface area contributed by atoms with Crippen molar-refractivity contribution in [3.05, 3.63) is 34.3 Å². The zero-order valence-corrected chi connectivity index (χ0v) is 10.9. The van der Waals surface area contributed by atoms with Crippen LogP contribution < -0.4 is 10.1 Å². The lowest BCUT2D eigenvalue weighted by molar-refractivity contribution is 0.0691. The molecular formula is C11H9ClN2O3S. The van der Waals surface area contributed by atoms with E-state index in [9.17, 15) is 4.79 Å². The zero-order valence-electron chi connectivity index (χ0n) is 9.31. The summed E-state index contributed by atoms with van der Waals surface area (Å²) >= 11 is 7.19. The summed E-state index contributed by atoms with van der Waals surface area (Å²) in [4.78, 5) is 14.6. The number of nitrogens with one attached hydrogen (secondary N) is 1. The van der Waals surface area contributed by atoms with Crippen LogP contribution >= 0.6 is 22.9 Å². The maximum Gasteiger partial charge on any atom is 0.355 e. The van der Waals surface area contributed by atoms with Gasteiger partial charge in [-0.3, -0.25) is 0 Å². The maximum atomic E-state index is 10.7. The van der Waals surface area contributed by atoms with Crippen molar-refractivity contribution < 1.29 is 14.6 Å². The van der Waals surface area contributed by atoms with Crippen LogP contribution in [0.15, 0.2) is 23.6 Å². The molecule has 2 rings (SSSR count). The number of carboxylic acids is 1. The first-order valence-electron chi connectivity index (χ1n) is 4.89. The van der Waals surface area contributed by atoms with Gasteiger partial charge in [-0.15, -0.1) is 11.3 Å². The van der Waals surface area contributed by atoms with Crippen molar-refractivity contribution in [1.82, 2.24) is 4.98 Å². The van der Waals surface area contributed by atoms with Crippen molar-refractivity contribution in [1.29, 1.82) is 0 Å². The predicted octanol–water partition coefficient (Wildman–Crippen LogP) is 3.25. The number of thiazole rings is 1. The number of rotatable bonds is 4. The van der Waals surface area contributed by atoms with Gasteiger partial charge in [-0.05, 0) is 18.2 Å². The molecule has 0 aliphatic heterocycles. The van der Waals surface area contributed by atoms with E-state index in [4.69, 9.17) is 21.4 Å². The van der Waals surface area contributed by atoms with Crippen molar-refractivity contribution >= 4 is 39.7 Å². The lowest BCUT2D eigenvalue weighted by Gasteiger charge is -2.06. The summed E-state index contributed by atoms with van der Waals surface area (Å²) < 4.78 is 5.04. The van der Waals surface area contributed by atoms with Crippen LogP contribution in [0.25, 0.3) is 0 Å². The minimum atomic E-state index is -1.05. The highest BCUT2D eigenvalue weighted by atomic mass is 35.5. The van der Waals surface area contributed by atoms with Crippen LogP contribution in [-0.4, -0.2) is 23.2 Å². The number of hydrogen-bond acceptors (Lipinski definition) is 5. The Kier molecular flexibility index (Phi) is 3.69. The monoisotopic (exact) mass is 284 g/mol. The molecule has 1 aromatic heterocycles. The molecule has 0 aliphatic rings. The number of halogens is 1. The first-order chi connectivity index (χ1) is 8.60. The fourth-order valence-corrected chi connectivity index (χ4v) is 2.26. The van der Waals surface area contributed by atoms with Crippen molar-refractivity contribution in [2.75, 3.05) is 12.4 Å². The van der Waals surface area contributed by atoms with E-state index in [1.165, 1.54) is 23.8 Å². The molecule has 18 heavy (non-hydrogen) atoms. The molecule has 0 bridgehead atoms. The van der Waals surface area contributed by atoms with Crippen LogP contribution in [0.5, 0.6) is 5.75 Å². The van der Waals surface area contributed by atoms with E-state index in [1.807, 2.05) is 0 Å². The van der Waals surface area contributed by atoms with E-state index in [-0.39, 0.29) is 5.69 Å². The molecule has 0 saturated heterocycles. The summed E-state index contributed by atoms with van der Waals surface area (Å²) in [6.07, 6.45) is 0. The molecule has 0 unspecified atom stereocenters. The first-order valence-corrected chi connectivity index (χ1v) is 6.15. The van der Waals surface area contributed by atoms with Gasteiger partial charge in [0.25, 0.3) is 0 Å². The molecule has 0 radical (unpaired) electrons. The number of ether oxygens (including phenoxy) is 1. The Bertz CT molecular complexity index is 585. The summed E-state index contributed by atoms with van der Waals surface area (Å²) in [6.45, 7) is 0. The topological polar surface area (TPSA) is 71.5 Å². The van der Waals surface area contributed by atoms with Gasteiger partial charge >= 0.3 is 5.97 Å². The highest BCUT2D eigenvalue weighted by Crippen LogP contribution is 2.29. The number of benzene rings is 1. The molecule has 1 aromatic carbocycles. The number of carboxylic acid groups (broad SMARTS) is 1. The van der Waals surface area contributed by atoms with Gasteiger partial charge in [-0.25, -0.2) is 9.78 Å². The molecule has 2 N–H and O–H groups in total. The van der Waals surface area contributed by atoms with E-state index < -0.39 is 5.97 Å². The Balaban J connectivity index is 2.18. The van der Waals surface area contributed by atoms with Gasteiger partial charge in [0.05, 0.1) is 12.1 Å². The van der Waals surface area contributed by atoms with Crippen LogP contribution in [0.4, 0.5) is 10.8 Å². The third-order valence-electron chi connectivity index (χ3n) is 2.13. The van der Waals surface area contributed by atoms with Crippen LogP contribution in [0.1, 0.15) is 10.5 Å². The van der Waals surface area contributed by atoms with Crippen molar-refractivity contribution in [2.24, 2.45) is 0 Å². The fraction of sp³-hybridized carbons (Fsp3) is 0.0909. The van der Waals surface area contributed by atoms with E-state index in [2.05, 4.69) is 10.3 Å². The number of aromatic nitrogens is 1. The summed E-state index contributed by atoms with van der Waals surface area (Å²) in [5.74, 6) is -0.473. The van der Waals surface area contributed by atoms with E-state index in [0.717, 1.165) is 0 Å². The summed E-state index contributed by atoms with van der Waals surface area (Å²) in [7, 11) is 1.54.